The molecule has 3 rings (SSSR count). The molecule has 1 saturated heterocycles. The Morgan fingerprint density at radius 2 is 1.89 bits per heavy atom. The number of nitrogens with one attached hydrogen (secondary N) is 1. The first-order valence-corrected chi connectivity index (χ1v) is 9.43. The number of piperazine rings is 1. The molecule has 2 aromatic rings. The molecule has 1 aromatic heterocycles. The molecule has 0 radical (unpaired) electrons. The van der Waals surface area contributed by atoms with E-state index in [0.717, 1.165) is 18.5 Å². The first-order valence-electron chi connectivity index (χ1n) is 9.43. The fourth-order valence-electron chi connectivity index (χ4n) is 3.29. The van der Waals surface area contributed by atoms with Gasteiger partial charge in [0.2, 0.25) is 5.96 Å². The largest absolute Gasteiger partial charge is 0.353 e. The minimum atomic E-state index is -2.56. The zero-order valence-electron chi connectivity index (χ0n) is 15.9. The maximum atomic E-state index is 13.2. The smallest absolute Gasteiger partial charge is 0.267 e. The number of pyridine rings is 1. The van der Waals surface area contributed by atoms with Crippen LogP contribution >= 0.6 is 0 Å². The van der Waals surface area contributed by atoms with Gasteiger partial charge in [0.1, 0.15) is 5.82 Å². The molecule has 0 atom stereocenters. The SMILES string of the molecule is CCCc1ccc(N=C(NO)N2CCN(c3ncccc3C(F)F)CC2)cc1. The Morgan fingerprint density at radius 3 is 2.50 bits per heavy atom. The number of hydroxylamine groups is 1. The summed E-state index contributed by atoms with van der Waals surface area (Å²) >= 11 is 0. The lowest BCUT2D eigenvalue weighted by molar-refractivity contribution is 0.151. The zero-order valence-corrected chi connectivity index (χ0v) is 15.9. The van der Waals surface area contributed by atoms with E-state index in [1.54, 1.807) is 0 Å². The van der Waals surface area contributed by atoms with Crippen LogP contribution in [0.1, 0.15) is 30.9 Å². The van der Waals surface area contributed by atoms with Gasteiger partial charge in [-0.3, -0.25) is 5.21 Å². The lowest BCUT2D eigenvalue weighted by atomic mass is 10.1. The molecule has 1 aliphatic rings. The van der Waals surface area contributed by atoms with Crippen molar-refractivity contribution in [3.8, 4) is 0 Å². The summed E-state index contributed by atoms with van der Waals surface area (Å²) in [6.07, 6.45) is 1.07. The molecule has 2 heterocycles. The van der Waals surface area contributed by atoms with Crippen molar-refractivity contribution in [2.45, 2.75) is 26.2 Å². The number of aryl methyl sites for hydroxylation is 1. The van der Waals surface area contributed by atoms with Gasteiger partial charge in [-0.25, -0.2) is 24.2 Å². The molecule has 2 N–H and O–H groups in total. The van der Waals surface area contributed by atoms with Gasteiger partial charge in [0.25, 0.3) is 6.43 Å². The van der Waals surface area contributed by atoms with Crippen molar-refractivity contribution in [1.82, 2.24) is 15.4 Å². The Kier molecular flexibility index (Phi) is 6.76. The van der Waals surface area contributed by atoms with Crippen LogP contribution in [0.2, 0.25) is 0 Å². The van der Waals surface area contributed by atoms with E-state index in [1.807, 2.05) is 34.1 Å². The molecule has 0 spiro atoms. The summed E-state index contributed by atoms with van der Waals surface area (Å²) in [6.45, 7) is 4.20. The van der Waals surface area contributed by atoms with Gasteiger partial charge in [-0.1, -0.05) is 25.5 Å². The number of alkyl halides is 2. The van der Waals surface area contributed by atoms with Crippen molar-refractivity contribution >= 4 is 17.5 Å². The number of aromatic nitrogens is 1. The highest BCUT2D eigenvalue weighted by Gasteiger charge is 2.24. The number of nitrogens with zero attached hydrogens (tertiary/aromatic N) is 4. The van der Waals surface area contributed by atoms with E-state index in [9.17, 15) is 14.0 Å². The van der Waals surface area contributed by atoms with Gasteiger partial charge in [0.15, 0.2) is 0 Å². The van der Waals surface area contributed by atoms with Gasteiger partial charge >= 0.3 is 0 Å². The van der Waals surface area contributed by atoms with E-state index < -0.39 is 6.43 Å². The summed E-state index contributed by atoms with van der Waals surface area (Å²) in [5, 5.41) is 9.53. The third kappa shape index (κ3) is 4.75. The van der Waals surface area contributed by atoms with E-state index in [2.05, 4.69) is 22.4 Å². The first-order chi connectivity index (χ1) is 13.6. The molecular formula is C20H25F2N5O. The third-order valence-electron chi connectivity index (χ3n) is 4.74. The van der Waals surface area contributed by atoms with Crippen LogP contribution in [0.15, 0.2) is 47.6 Å². The highest BCUT2D eigenvalue weighted by Crippen LogP contribution is 2.28. The van der Waals surface area contributed by atoms with Crippen LogP contribution in [0.25, 0.3) is 0 Å². The van der Waals surface area contributed by atoms with Crippen molar-refractivity contribution < 1.29 is 14.0 Å². The number of halogens is 2. The quantitative estimate of drug-likeness (QED) is 0.463. The predicted molar refractivity (Wildman–Crippen MR) is 105 cm³/mol. The van der Waals surface area contributed by atoms with Gasteiger partial charge in [0, 0.05) is 32.4 Å². The maximum absolute atomic E-state index is 13.2. The normalized spacial score (nSPS) is 15.2. The zero-order chi connectivity index (χ0) is 19.9. The van der Waals surface area contributed by atoms with Crippen LogP contribution < -0.4 is 10.4 Å². The van der Waals surface area contributed by atoms with Crippen molar-refractivity contribution in [3.05, 3.63) is 53.7 Å². The minimum Gasteiger partial charge on any atom is -0.353 e. The molecule has 1 aromatic carbocycles. The summed E-state index contributed by atoms with van der Waals surface area (Å²) in [6, 6.07) is 10.8. The van der Waals surface area contributed by atoms with E-state index >= 15 is 0 Å². The molecule has 0 bridgehead atoms. The summed E-state index contributed by atoms with van der Waals surface area (Å²) in [5.74, 6) is 0.664. The van der Waals surface area contributed by atoms with Crippen LogP contribution in [0, 0.1) is 0 Å². The second-order valence-corrected chi connectivity index (χ2v) is 6.65. The molecule has 8 heteroatoms. The predicted octanol–water partition coefficient (Wildman–Crippen LogP) is 3.76. The highest BCUT2D eigenvalue weighted by molar-refractivity contribution is 5.82. The molecule has 1 aliphatic heterocycles. The van der Waals surface area contributed by atoms with E-state index in [-0.39, 0.29) is 5.56 Å². The van der Waals surface area contributed by atoms with Gasteiger partial charge in [-0.15, -0.1) is 0 Å². The minimum absolute atomic E-state index is 0.0581. The fourth-order valence-corrected chi connectivity index (χ4v) is 3.29. The molecule has 6 nitrogen and oxygen atoms in total. The number of aliphatic imine (C=N–C) groups is 1. The molecule has 28 heavy (non-hydrogen) atoms. The number of anilines is 1. The molecular weight excluding hydrogens is 364 g/mol. The lowest BCUT2D eigenvalue weighted by Crippen LogP contribution is -2.52. The van der Waals surface area contributed by atoms with Crippen LogP contribution in [0.4, 0.5) is 20.3 Å². The van der Waals surface area contributed by atoms with Crippen LogP contribution in [0.5, 0.6) is 0 Å². The number of guanidine groups is 1. The average molecular weight is 389 g/mol. The Morgan fingerprint density at radius 1 is 1.18 bits per heavy atom. The van der Waals surface area contributed by atoms with Crippen molar-refractivity contribution in [3.63, 3.8) is 0 Å². The highest BCUT2D eigenvalue weighted by atomic mass is 19.3. The number of hydrogen-bond acceptors (Lipinski definition) is 4. The standard InChI is InChI=1S/C20H25F2N5O/c1-2-4-15-6-8-16(9-7-15)24-20(25-28)27-13-11-26(12-14-27)19-17(18(21)22)5-3-10-23-19/h3,5-10,18,28H,2,4,11-14H2,1H3,(H,24,25). The second-order valence-electron chi connectivity index (χ2n) is 6.65. The van der Waals surface area contributed by atoms with Gasteiger partial charge in [0.05, 0.1) is 11.3 Å². The molecule has 0 saturated carbocycles. The molecule has 0 amide bonds. The Labute approximate surface area is 163 Å². The van der Waals surface area contributed by atoms with Crippen molar-refractivity contribution in [1.29, 1.82) is 0 Å². The fraction of sp³-hybridized carbons (Fsp3) is 0.400. The van der Waals surface area contributed by atoms with Crippen molar-refractivity contribution in [2.24, 2.45) is 4.99 Å². The van der Waals surface area contributed by atoms with Gasteiger partial charge in [-0.2, -0.15) is 0 Å². The Bertz CT molecular complexity index is 789. The lowest BCUT2D eigenvalue weighted by Gasteiger charge is -2.37. The second kappa shape index (κ2) is 9.45. The number of rotatable bonds is 5. The first kappa shape index (κ1) is 20.0. The molecule has 0 unspecified atom stereocenters. The van der Waals surface area contributed by atoms with E-state index in [1.165, 1.54) is 23.9 Å². The summed E-state index contributed by atoms with van der Waals surface area (Å²) in [5.41, 5.74) is 4.10. The van der Waals surface area contributed by atoms with Crippen molar-refractivity contribution in [2.75, 3.05) is 31.1 Å². The Hall–Kier alpha value is -2.74. The molecule has 0 aliphatic carbocycles. The van der Waals surface area contributed by atoms with E-state index in [4.69, 9.17) is 0 Å². The average Bonchev–Trinajstić information content (AvgIpc) is 2.73. The van der Waals surface area contributed by atoms with Crippen LogP contribution in [-0.2, 0) is 6.42 Å². The number of benzene rings is 1. The van der Waals surface area contributed by atoms with E-state index in [0.29, 0.717) is 38.0 Å². The number of hydrogen-bond donors (Lipinski definition) is 2. The van der Waals surface area contributed by atoms with Gasteiger partial charge < -0.3 is 9.80 Å². The maximum Gasteiger partial charge on any atom is 0.267 e. The molecule has 1 fully saturated rings. The monoisotopic (exact) mass is 389 g/mol. The van der Waals surface area contributed by atoms with Gasteiger partial charge in [-0.05, 0) is 36.2 Å². The van der Waals surface area contributed by atoms with Crippen LogP contribution in [-0.4, -0.2) is 47.2 Å². The Balaban J connectivity index is 1.67. The third-order valence-corrected chi connectivity index (χ3v) is 4.74. The summed E-state index contributed by atoms with van der Waals surface area (Å²) < 4.78 is 26.4. The summed E-state index contributed by atoms with van der Waals surface area (Å²) in [7, 11) is 0. The topological polar surface area (TPSA) is 64.0 Å². The van der Waals surface area contributed by atoms with Crippen LogP contribution in [0.3, 0.4) is 0 Å². The summed E-state index contributed by atoms with van der Waals surface area (Å²) in [4.78, 5) is 12.3. The molecule has 150 valence electrons.